The van der Waals surface area contributed by atoms with Crippen LogP contribution in [0.25, 0.3) is 5.78 Å². The highest BCUT2D eigenvalue weighted by Crippen LogP contribution is 2.33. The van der Waals surface area contributed by atoms with Crippen LogP contribution in [0.4, 0.5) is 5.69 Å². The Balaban J connectivity index is 1.64. The first-order chi connectivity index (χ1) is 12.0. The number of anilines is 1. The van der Waals surface area contributed by atoms with E-state index in [1.807, 2.05) is 26.0 Å². The van der Waals surface area contributed by atoms with Gasteiger partial charge in [-0.25, -0.2) is 9.88 Å². The normalized spacial score (nSPS) is 17.7. The molecule has 3 aromatic rings. The fourth-order valence-electron chi connectivity index (χ4n) is 2.95. The average Bonchev–Trinajstić information content (AvgIpc) is 3.10. The molecule has 8 heteroatoms. The van der Waals surface area contributed by atoms with Gasteiger partial charge in [-0.2, -0.15) is 0 Å². The molecule has 1 saturated heterocycles. The number of thioether (sulfide) groups is 1. The summed E-state index contributed by atoms with van der Waals surface area (Å²) in [6.07, 6.45) is 0.144. The molecule has 126 valence electrons. The van der Waals surface area contributed by atoms with E-state index in [1.165, 1.54) is 16.7 Å². The molecule has 0 aliphatic carbocycles. The molecule has 0 unspecified atom stereocenters. The first-order valence-corrected chi connectivity index (χ1v) is 8.70. The Bertz CT molecular complexity index is 985. The van der Waals surface area contributed by atoms with Gasteiger partial charge in [0, 0.05) is 17.8 Å². The van der Waals surface area contributed by atoms with Crippen molar-refractivity contribution in [1.82, 2.24) is 19.6 Å². The van der Waals surface area contributed by atoms with Crippen molar-refractivity contribution in [3.63, 3.8) is 0 Å². The quantitative estimate of drug-likeness (QED) is 0.671. The third kappa shape index (κ3) is 2.68. The summed E-state index contributed by atoms with van der Waals surface area (Å²) in [5.41, 5.74) is 2.39. The minimum atomic E-state index is -0.513. The number of imide groups is 1. The van der Waals surface area contributed by atoms with E-state index in [-0.39, 0.29) is 18.2 Å². The molecular formula is C17H15N5O2S. The Hall–Kier alpha value is -2.74. The monoisotopic (exact) mass is 353 g/mol. The van der Waals surface area contributed by atoms with Gasteiger partial charge in [0.25, 0.3) is 5.78 Å². The lowest BCUT2D eigenvalue weighted by atomic mass is 10.3. The zero-order valence-electron chi connectivity index (χ0n) is 13.7. The van der Waals surface area contributed by atoms with Crippen LogP contribution in [-0.4, -0.2) is 36.6 Å². The van der Waals surface area contributed by atoms with E-state index < -0.39 is 5.25 Å². The number of fused-ring (bicyclic) bond motifs is 1. The van der Waals surface area contributed by atoms with Gasteiger partial charge in [0.1, 0.15) is 5.25 Å². The third-order valence-electron chi connectivity index (χ3n) is 4.03. The van der Waals surface area contributed by atoms with Crippen molar-refractivity contribution in [2.75, 3.05) is 4.90 Å². The van der Waals surface area contributed by atoms with Gasteiger partial charge in [0.05, 0.1) is 5.69 Å². The van der Waals surface area contributed by atoms with Gasteiger partial charge in [0.15, 0.2) is 5.16 Å². The van der Waals surface area contributed by atoms with Gasteiger partial charge in [-0.05, 0) is 32.0 Å². The third-order valence-corrected chi connectivity index (χ3v) is 5.16. The van der Waals surface area contributed by atoms with Crippen LogP contribution >= 0.6 is 11.8 Å². The summed E-state index contributed by atoms with van der Waals surface area (Å²) in [4.78, 5) is 30.7. The summed E-state index contributed by atoms with van der Waals surface area (Å²) in [5.74, 6) is 0.0700. The average molecular weight is 353 g/mol. The summed E-state index contributed by atoms with van der Waals surface area (Å²) in [6.45, 7) is 3.83. The minimum Gasteiger partial charge on any atom is -0.274 e. The molecule has 1 atom stereocenters. The van der Waals surface area contributed by atoms with Crippen LogP contribution in [0.3, 0.4) is 0 Å². The van der Waals surface area contributed by atoms with Crippen molar-refractivity contribution in [2.24, 2.45) is 0 Å². The predicted molar refractivity (Wildman–Crippen MR) is 93.5 cm³/mol. The molecule has 7 nitrogen and oxygen atoms in total. The highest BCUT2D eigenvalue weighted by atomic mass is 32.2. The summed E-state index contributed by atoms with van der Waals surface area (Å²) in [5, 5.41) is 8.28. The fraction of sp³-hybridized carbons (Fsp3) is 0.235. The largest absolute Gasteiger partial charge is 0.274 e. The van der Waals surface area contributed by atoms with Gasteiger partial charge in [-0.15, -0.1) is 10.2 Å². The Morgan fingerprint density at radius 2 is 1.88 bits per heavy atom. The highest BCUT2D eigenvalue weighted by Gasteiger charge is 2.41. The fourth-order valence-corrected chi connectivity index (χ4v) is 4.05. The maximum Gasteiger partial charge on any atom is 0.256 e. The van der Waals surface area contributed by atoms with Crippen LogP contribution in [0.5, 0.6) is 0 Å². The lowest BCUT2D eigenvalue weighted by molar-refractivity contribution is -0.121. The molecule has 2 amide bonds. The van der Waals surface area contributed by atoms with Crippen molar-refractivity contribution in [3.05, 3.63) is 47.8 Å². The van der Waals surface area contributed by atoms with Crippen molar-refractivity contribution < 1.29 is 9.59 Å². The first-order valence-electron chi connectivity index (χ1n) is 7.82. The van der Waals surface area contributed by atoms with E-state index in [4.69, 9.17) is 0 Å². The lowest BCUT2D eigenvalue weighted by Gasteiger charge is -2.14. The van der Waals surface area contributed by atoms with Gasteiger partial charge in [-0.1, -0.05) is 30.0 Å². The van der Waals surface area contributed by atoms with E-state index >= 15 is 0 Å². The van der Waals surface area contributed by atoms with E-state index in [0.717, 1.165) is 11.4 Å². The number of amides is 2. The number of rotatable bonds is 3. The van der Waals surface area contributed by atoms with Crippen molar-refractivity contribution in [2.45, 2.75) is 30.7 Å². The van der Waals surface area contributed by atoms with Crippen LogP contribution in [0, 0.1) is 13.8 Å². The summed E-state index contributed by atoms with van der Waals surface area (Å²) < 4.78 is 1.81. The molecule has 1 fully saturated rings. The van der Waals surface area contributed by atoms with Crippen LogP contribution in [0.15, 0.2) is 41.6 Å². The van der Waals surface area contributed by atoms with Crippen molar-refractivity contribution in [1.29, 1.82) is 0 Å². The van der Waals surface area contributed by atoms with Gasteiger partial charge in [-0.3, -0.25) is 14.0 Å². The number of nitrogens with zero attached hydrogens (tertiary/aromatic N) is 5. The molecule has 0 N–H and O–H groups in total. The SMILES string of the molecule is Cc1cc(C)n2c(S[C@H]3CC(=O)N(c4ccccc4)C3=O)nnc2n1. The Labute approximate surface area is 148 Å². The maximum atomic E-state index is 12.7. The first kappa shape index (κ1) is 15.8. The number of carbonyl (C=O) groups excluding carboxylic acids is 2. The van der Waals surface area contributed by atoms with Crippen LogP contribution in [0.2, 0.25) is 0 Å². The second kappa shape index (κ2) is 5.96. The highest BCUT2D eigenvalue weighted by molar-refractivity contribution is 8.00. The molecule has 4 rings (SSSR count). The van der Waals surface area contributed by atoms with Crippen LogP contribution < -0.4 is 4.90 Å². The van der Waals surface area contributed by atoms with Gasteiger partial charge < -0.3 is 0 Å². The molecule has 0 saturated carbocycles. The van der Waals surface area contributed by atoms with E-state index in [2.05, 4.69) is 15.2 Å². The standard InChI is InChI=1S/C17H15N5O2S/c1-10-8-11(2)21-16(18-10)19-20-17(21)25-13-9-14(23)22(15(13)24)12-6-4-3-5-7-12/h3-8,13H,9H2,1-2H3/t13-/m0/s1. The number of carbonyl (C=O) groups is 2. The Morgan fingerprint density at radius 3 is 2.64 bits per heavy atom. The number of para-hydroxylation sites is 1. The minimum absolute atomic E-state index is 0.144. The van der Waals surface area contributed by atoms with Gasteiger partial charge >= 0.3 is 0 Å². The smallest absolute Gasteiger partial charge is 0.256 e. The second-order valence-electron chi connectivity index (χ2n) is 5.87. The summed E-state index contributed by atoms with van der Waals surface area (Å²) in [7, 11) is 0. The van der Waals surface area contributed by atoms with Gasteiger partial charge in [0.2, 0.25) is 11.8 Å². The van der Waals surface area contributed by atoms with Crippen LogP contribution in [-0.2, 0) is 9.59 Å². The number of hydrogen-bond acceptors (Lipinski definition) is 6. The van der Waals surface area contributed by atoms with E-state index in [9.17, 15) is 9.59 Å². The number of hydrogen-bond donors (Lipinski definition) is 0. The molecule has 25 heavy (non-hydrogen) atoms. The maximum absolute atomic E-state index is 12.7. The zero-order chi connectivity index (χ0) is 17.6. The van der Waals surface area contributed by atoms with Crippen molar-refractivity contribution in [3.8, 4) is 0 Å². The zero-order valence-corrected chi connectivity index (χ0v) is 14.5. The number of aryl methyl sites for hydroxylation is 2. The molecule has 1 aliphatic heterocycles. The van der Waals surface area contributed by atoms with Crippen molar-refractivity contribution >= 4 is 35.0 Å². The molecule has 0 bridgehead atoms. The topological polar surface area (TPSA) is 80.5 Å². The Morgan fingerprint density at radius 1 is 1.12 bits per heavy atom. The number of aromatic nitrogens is 4. The summed E-state index contributed by atoms with van der Waals surface area (Å²) in [6, 6.07) is 10.9. The lowest BCUT2D eigenvalue weighted by Crippen LogP contribution is -2.31. The molecular weight excluding hydrogens is 338 g/mol. The molecule has 0 radical (unpaired) electrons. The van der Waals surface area contributed by atoms with Crippen LogP contribution in [0.1, 0.15) is 17.8 Å². The Kier molecular flexibility index (Phi) is 3.76. The van der Waals surface area contributed by atoms with E-state index in [0.29, 0.717) is 16.6 Å². The molecule has 3 heterocycles. The second-order valence-corrected chi connectivity index (χ2v) is 7.04. The molecule has 2 aromatic heterocycles. The molecule has 1 aliphatic rings. The molecule has 0 spiro atoms. The molecule has 1 aromatic carbocycles. The predicted octanol–water partition coefficient (Wildman–Crippen LogP) is 2.17. The van der Waals surface area contributed by atoms with E-state index in [1.54, 1.807) is 28.7 Å². The number of benzene rings is 1. The summed E-state index contributed by atoms with van der Waals surface area (Å²) >= 11 is 1.25.